The summed E-state index contributed by atoms with van der Waals surface area (Å²) in [6.07, 6.45) is 8.44. The van der Waals surface area contributed by atoms with Crippen molar-refractivity contribution >= 4 is 39.1 Å². The van der Waals surface area contributed by atoms with E-state index in [1.165, 1.54) is 5.56 Å². The van der Waals surface area contributed by atoms with Gasteiger partial charge in [-0.1, -0.05) is 36.7 Å². The van der Waals surface area contributed by atoms with Crippen LogP contribution in [-0.4, -0.2) is 60.5 Å². The molecule has 12 heteroatoms. The molecule has 7 atom stereocenters. The van der Waals surface area contributed by atoms with E-state index in [4.69, 9.17) is 21.1 Å². The summed E-state index contributed by atoms with van der Waals surface area (Å²) in [6.45, 7) is 3.72. The molecular weight excluding hydrogens is 643 g/mol. The molecule has 6 rings (SSSR count). The van der Waals surface area contributed by atoms with Gasteiger partial charge in [0.2, 0.25) is 0 Å². The number of carbonyl (C=O) groups is 2. The number of fused-ring (bicyclic) bond motifs is 3. The molecule has 9 nitrogen and oxygen atoms in total. The second-order valence-corrected chi connectivity index (χ2v) is 15.8. The van der Waals surface area contributed by atoms with Crippen molar-refractivity contribution in [3.63, 3.8) is 0 Å². The Kier molecular flexibility index (Phi) is 10.4. The number of hydrogen-bond acceptors (Lipinski definition) is 6. The Morgan fingerprint density at radius 2 is 2.00 bits per heavy atom. The Morgan fingerprint density at radius 3 is 2.74 bits per heavy atom. The quantitative estimate of drug-likeness (QED) is 0.351. The van der Waals surface area contributed by atoms with Crippen LogP contribution in [0, 0.1) is 17.8 Å². The third-order valence-corrected chi connectivity index (χ3v) is 11.9. The van der Waals surface area contributed by atoms with Crippen molar-refractivity contribution < 1.29 is 27.7 Å². The first kappa shape index (κ1) is 33.7. The molecule has 4 aliphatic rings. The van der Waals surface area contributed by atoms with Gasteiger partial charge in [0, 0.05) is 37.2 Å². The number of nitrogens with one attached hydrogen (secondary N) is 2. The predicted molar refractivity (Wildman–Crippen MR) is 182 cm³/mol. The van der Waals surface area contributed by atoms with E-state index in [2.05, 4.69) is 31.4 Å². The molecule has 0 aromatic heterocycles. The van der Waals surface area contributed by atoms with Gasteiger partial charge in [-0.15, -0.1) is 4.36 Å². The number of rotatable bonds is 3. The van der Waals surface area contributed by atoms with Crippen molar-refractivity contribution in [2.75, 3.05) is 30.9 Å². The number of allylic oxidation sites excluding steroid dienone is 1. The Morgan fingerprint density at radius 1 is 1.17 bits per heavy atom. The molecule has 2 heterocycles. The summed E-state index contributed by atoms with van der Waals surface area (Å²) in [5.41, 5.74) is 3.35. The lowest BCUT2D eigenvalue weighted by molar-refractivity contribution is 0.0133. The number of benzene rings is 2. The molecule has 2 N–H and O–H groups in total. The van der Waals surface area contributed by atoms with Crippen LogP contribution in [0.2, 0.25) is 5.02 Å². The zero-order valence-electron chi connectivity index (χ0n) is 27.0. The zero-order chi connectivity index (χ0) is 33.1. The summed E-state index contributed by atoms with van der Waals surface area (Å²) in [5.74, 6) is 0.385. The van der Waals surface area contributed by atoms with Crippen LogP contribution < -0.4 is 19.7 Å². The Labute approximate surface area is 281 Å². The second kappa shape index (κ2) is 14.5. The summed E-state index contributed by atoms with van der Waals surface area (Å²) < 4.78 is 46.6. The summed E-state index contributed by atoms with van der Waals surface area (Å²) in [7, 11) is -1.83. The highest BCUT2D eigenvalue weighted by molar-refractivity contribution is 7.92. The van der Waals surface area contributed by atoms with Gasteiger partial charge in [0.15, 0.2) is 0 Å². The van der Waals surface area contributed by atoms with Gasteiger partial charge in [-0.3, -0.25) is 9.52 Å². The molecule has 2 aliphatic heterocycles. The van der Waals surface area contributed by atoms with Crippen molar-refractivity contribution in [3.8, 4) is 5.75 Å². The molecule has 0 saturated heterocycles. The average Bonchev–Trinajstić information content (AvgIpc) is 3.71. The minimum atomic E-state index is -3.57. The number of hydrogen-bond donors (Lipinski definition) is 2. The number of amides is 3. The Balaban J connectivity index is 1.43. The second-order valence-electron chi connectivity index (χ2n) is 13.4. The van der Waals surface area contributed by atoms with Crippen molar-refractivity contribution in [2.24, 2.45) is 22.1 Å². The van der Waals surface area contributed by atoms with Crippen LogP contribution in [-0.2, 0) is 27.6 Å². The fourth-order valence-electron chi connectivity index (χ4n) is 6.83. The molecule has 2 saturated carbocycles. The van der Waals surface area contributed by atoms with E-state index in [0.717, 1.165) is 49.9 Å². The van der Waals surface area contributed by atoms with Gasteiger partial charge in [-0.25, -0.2) is 13.4 Å². The van der Waals surface area contributed by atoms with Crippen LogP contribution >= 0.6 is 11.6 Å². The van der Waals surface area contributed by atoms with Gasteiger partial charge in [-0.2, -0.15) is 0 Å². The zero-order valence-corrected chi connectivity index (χ0v) is 28.5. The highest BCUT2D eigenvalue weighted by Gasteiger charge is 2.40. The molecular formula is C35H44ClFN4O5S. The number of anilines is 1. The van der Waals surface area contributed by atoms with E-state index in [1.807, 2.05) is 25.1 Å². The first-order valence-corrected chi connectivity index (χ1v) is 18.7. The van der Waals surface area contributed by atoms with E-state index in [0.29, 0.717) is 42.2 Å². The number of methoxy groups -OCH3 is 1. The highest BCUT2D eigenvalue weighted by atomic mass is 35.5. The summed E-state index contributed by atoms with van der Waals surface area (Å²) in [5, 5.41) is 3.19. The molecule has 254 valence electrons. The van der Waals surface area contributed by atoms with Gasteiger partial charge >= 0.3 is 6.03 Å². The molecule has 47 heavy (non-hydrogen) atoms. The van der Waals surface area contributed by atoms with E-state index >= 15 is 0 Å². The third kappa shape index (κ3) is 8.29. The summed E-state index contributed by atoms with van der Waals surface area (Å²) >= 11 is 6.43. The van der Waals surface area contributed by atoms with Crippen molar-refractivity contribution in [2.45, 2.75) is 76.7 Å². The SMILES string of the molecule is CO[C@H]1/C=C/C[C@H](C)C[S@@](=O)(NC(=O)N[C@H]2C[C@H]2F)=NC(=O)c2ccc3c(c2)N(Cc2ccc(Cl)cc2CCCCO3)C[C@@H]2CC[C@H]21. The maximum absolute atomic E-state index is 14.2. The molecule has 0 unspecified atom stereocenters. The van der Waals surface area contributed by atoms with Crippen LogP contribution in [0.15, 0.2) is 52.9 Å². The van der Waals surface area contributed by atoms with Gasteiger partial charge in [-0.05, 0) is 97.7 Å². The standard InChI is InChI=1S/C35H44ClFN4O5S/c1-22-6-5-8-32(45-2)28-13-10-26(28)20-41-19-25-9-12-27(36)16-23(25)7-3-4-15-46-33-14-11-24(17-31(33)41)34(42)39-47(44,21-22)40-35(43)38-30-18-29(30)37/h5,8-9,11-12,14,16-17,22,26,28-30,32H,3-4,6-7,10,13,15,18-21H2,1-2H3,(H2,38,39,40,42,43,44)/b8-5+/t22-,26-,28+,29+,30-,32-,47-/m0/s1. The monoisotopic (exact) mass is 686 g/mol. The Bertz CT molecular complexity index is 1650. The highest BCUT2D eigenvalue weighted by Crippen LogP contribution is 2.42. The van der Waals surface area contributed by atoms with E-state index in [9.17, 15) is 18.2 Å². The number of ether oxygens (including phenoxy) is 2. The van der Waals surface area contributed by atoms with Crippen LogP contribution in [0.5, 0.6) is 5.75 Å². The lowest BCUT2D eigenvalue weighted by Gasteiger charge is -2.43. The molecule has 0 radical (unpaired) electrons. The van der Waals surface area contributed by atoms with Gasteiger partial charge in [0.05, 0.1) is 30.2 Å². The van der Waals surface area contributed by atoms with E-state index in [-0.39, 0.29) is 29.8 Å². The van der Waals surface area contributed by atoms with Crippen molar-refractivity contribution in [3.05, 3.63) is 70.3 Å². The number of urea groups is 1. The minimum absolute atomic E-state index is 0.0521. The fourth-order valence-corrected chi connectivity index (χ4v) is 8.86. The molecule has 2 aromatic carbocycles. The van der Waals surface area contributed by atoms with E-state index in [1.54, 1.807) is 25.3 Å². The number of alkyl halides is 1. The number of halogens is 2. The molecule has 2 fully saturated rings. The Hall–Kier alpha value is -3.15. The first-order chi connectivity index (χ1) is 22.6. The van der Waals surface area contributed by atoms with Crippen LogP contribution in [0.1, 0.15) is 66.9 Å². The fraction of sp³-hybridized carbons (Fsp3) is 0.543. The van der Waals surface area contributed by atoms with Gasteiger partial charge in [0.1, 0.15) is 21.8 Å². The van der Waals surface area contributed by atoms with Crippen LogP contribution in [0.3, 0.4) is 0 Å². The number of carbonyl (C=O) groups excluding carboxylic acids is 2. The maximum atomic E-state index is 14.2. The van der Waals surface area contributed by atoms with Gasteiger partial charge in [0.25, 0.3) is 5.91 Å². The largest absolute Gasteiger partial charge is 0.491 e. The van der Waals surface area contributed by atoms with Crippen LogP contribution in [0.25, 0.3) is 0 Å². The first-order valence-electron chi connectivity index (χ1n) is 16.6. The number of aryl methyl sites for hydroxylation is 1. The predicted octanol–water partition coefficient (Wildman–Crippen LogP) is 6.63. The lowest BCUT2D eigenvalue weighted by atomic mass is 9.70. The average molecular weight is 687 g/mol. The van der Waals surface area contributed by atoms with Gasteiger partial charge < -0.3 is 19.7 Å². The smallest absolute Gasteiger partial charge is 0.327 e. The van der Waals surface area contributed by atoms with Crippen molar-refractivity contribution in [1.82, 2.24) is 10.0 Å². The van der Waals surface area contributed by atoms with Crippen LogP contribution in [0.4, 0.5) is 14.9 Å². The molecule has 0 spiro atoms. The van der Waals surface area contributed by atoms with Crippen molar-refractivity contribution in [1.29, 1.82) is 0 Å². The normalized spacial score (nSPS) is 31.7. The molecule has 3 amide bonds. The topological polar surface area (TPSA) is 109 Å². The molecule has 2 bridgehead atoms. The maximum Gasteiger partial charge on any atom is 0.327 e. The van der Waals surface area contributed by atoms with E-state index < -0.39 is 34.1 Å². The molecule has 2 aliphatic carbocycles. The summed E-state index contributed by atoms with van der Waals surface area (Å²) in [4.78, 5) is 28.8. The third-order valence-electron chi connectivity index (χ3n) is 9.69. The molecule has 2 aromatic rings. The minimum Gasteiger partial charge on any atom is -0.491 e. The lowest BCUT2D eigenvalue weighted by Crippen LogP contribution is -2.43. The number of nitrogens with zero attached hydrogens (tertiary/aromatic N) is 2. The summed E-state index contributed by atoms with van der Waals surface area (Å²) in [6, 6.07) is 9.80.